The summed E-state index contributed by atoms with van der Waals surface area (Å²) in [5.41, 5.74) is 5.92. The number of hydrogen-bond donors (Lipinski definition) is 1. The molecule has 0 aliphatic rings. The molecule has 0 unspecified atom stereocenters. The van der Waals surface area contributed by atoms with Gasteiger partial charge in [0.1, 0.15) is 0 Å². The van der Waals surface area contributed by atoms with Crippen LogP contribution >= 0.6 is 0 Å². The van der Waals surface area contributed by atoms with Crippen LogP contribution in [0.4, 0.5) is 0 Å². The maximum atomic E-state index is 12.1. The molecule has 1 amide bonds. The molecule has 0 saturated carbocycles. The van der Waals surface area contributed by atoms with Gasteiger partial charge < -0.3 is 15.5 Å². The molecule has 1 atom stereocenters. The SMILES string of the molecule is CCN(CC)CCCN(CC)C(=O)[C@H](N)C(C)C. The van der Waals surface area contributed by atoms with E-state index in [1.54, 1.807) is 0 Å². The van der Waals surface area contributed by atoms with Gasteiger partial charge in [0.05, 0.1) is 6.04 Å². The number of rotatable bonds is 9. The average Bonchev–Trinajstić information content (AvgIpc) is 2.37. The first-order valence-corrected chi connectivity index (χ1v) is 7.24. The minimum absolute atomic E-state index is 0.0899. The van der Waals surface area contributed by atoms with E-state index in [0.29, 0.717) is 0 Å². The molecule has 0 saturated heterocycles. The van der Waals surface area contributed by atoms with Crippen molar-refractivity contribution in [2.45, 2.75) is 47.1 Å². The first-order valence-electron chi connectivity index (χ1n) is 7.24. The molecule has 4 heteroatoms. The normalized spacial score (nSPS) is 13.1. The van der Waals surface area contributed by atoms with E-state index in [0.717, 1.165) is 39.1 Å². The zero-order valence-electron chi connectivity index (χ0n) is 12.8. The van der Waals surface area contributed by atoms with Crippen LogP contribution in [0, 0.1) is 5.92 Å². The largest absolute Gasteiger partial charge is 0.342 e. The summed E-state index contributed by atoms with van der Waals surface area (Å²) < 4.78 is 0. The molecule has 0 radical (unpaired) electrons. The van der Waals surface area contributed by atoms with Crippen molar-refractivity contribution >= 4 is 5.91 Å². The Labute approximate surface area is 113 Å². The fraction of sp³-hybridized carbons (Fsp3) is 0.929. The molecule has 4 nitrogen and oxygen atoms in total. The lowest BCUT2D eigenvalue weighted by molar-refractivity contribution is -0.133. The maximum absolute atomic E-state index is 12.1. The molecule has 0 aliphatic heterocycles. The average molecular weight is 257 g/mol. The highest BCUT2D eigenvalue weighted by atomic mass is 16.2. The third kappa shape index (κ3) is 5.83. The molecule has 108 valence electrons. The fourth-order valence-electron chi connectivity index (χ4n) is 1.95. The number of amides is 1. The summed E-state index contributed by atoms with van der Waals surface area (Å²) in [7, 11) is 0. The molecular formula is C14H31N3O. The molecule has 0 heterocycles. The van der Waals surface area contributed by atoms with Crippen molar-refractivity contribution < 1.29 is 4.79 Å². The lowest BCUT2D eigenvalue weighted by Crippen LogP contribution is -2.47. The number of carbonyl (C=O) groups excluding carboxylic acids is 1. The highest BCUT2D eigenvalue weighted by molar-refractivity contribution is 5.81. The Bertz CT molecular complexity index is 227. The van der Waals surface area contributed by atoms with E-state index in [9.17, 15) is 4.79 Å². The van der Waals surface area contributed by atoms with E-state index in [2.05, 4.69) is 18.7 Å². The standard InChI is InChI=1S/C14H31N3O/c1-6-16(7-2)10-9-11-17(8-3)14(18)13(15)12(4)5/h12-13H,6-11,15H2,1-5H3/t13-/m1/s1. The summed E-state index contributed by atoms with van der Waals surface area (Å²) in [6, 6.07) is -0.363. The van der Waals surface area contributed by atoms with Crippen molar-refractivity contribution in [1.29, 1.82) is 0 Å². The van der Waals surface area contributed by atoms with E-state index in [1.807, 2.05) is 25.7 Å². The van der Waals surface area contributed by atoms with Crippen LogP contribution in [0.2, 0.25) is 0 Å². The topological polar surface area (TPSA) is 49.6 Å². The number of likely N-dealkylation sites (N-methyl/N-ethyl adjacent to an activating group) is 1. The van der Waals surface area contributed by atoms with Gasteiger partial charge in [-0.3, -0.25) is 4.79 Å². The number of nitrogens with zero attached hydrogens (tertiary/aromatic N) is 2. The Morgan fingerprint density at radius 1 is 1.06 bits per heavy atom. The highest BCUT2D eigenvalue weighted by Gasteiger charge is 2.22. The lowest BCUT2D eigenvalue weighted by atomic mass is 10.0. The monoisotopic (exact) mass is 257 g/mol. The quantitative estimate of drug-likeness (QED) is 0.682. The summed E-state index contributed by atoms with van der Waals surface area (Å²) >= 11 is 0. The molecule has 0 rings (SSSR count). The van der Waals surface area contributed by atoms with Crippen LogP contribution in [-0.4, -0.2) is 54.5 Å². The van der Waals surface area contributed by atoms with Crippen molar-refractivity contribution in [3.8, 4) is 0 Å². The first-order chi connectivity index (χ1) is 8.47. The summed E-state index contributed by atoms with van der Waals surface area (Å²) in [5, 5.41) is 0. The van der Waals surface area contributed by atoms with E-state index < -0.39 is 0 Å². The van der Waals surface area contributed by atoms with Gasteiger partial charge in [0.2, 0.25) is 5.91 Å². The number of carbonyl (C=O) groups is 1. The van der Waals surface area contributed by atoms with Gasteiger partial charge in [0.25, 0.3) is 0 Å². The molecule has 0 aliphatic carbocycles. The highest BCUT2D eigenvalue weighted by Crippen LogP contribution is 2.04. The maximum Gasteiger partial charge on any atom is 0.239 e. The summed E-state index contributed by atoms with van der Waals surface area (Å²) in [4.78, 5) is 16.4. The van der Waals surface area contributed by atoms with Crippen molar-refractivity contribution in [3.05, 3.63) is 0 Å². The first kappa shape index (κ1) is 17.4. The fourth-order valence-corrected chi connectivity index (χ4v) is 1.95. The van der Waals surface area contributed by atoms with E-state index in [1.165, 1.54) is 0 Å². The van der Waals surface area contributed by atoms with Gasteiger partial charge >= 0.3 is 0 Å². The molecule has 18 heavy (non-hydrogen) atoms. The second-order valence-corrected chi connectivity index (χ2v) is 5.07. The molecule has 0 aromatic rings. The van der Waals surface area contributed by atoms with Crippen molar-refractivity contribution in [1.82, 2.24) is 9.80 Å². The van der Waals surface area contributed by atoms with E-state index >= 15 is 0 Å². The van der Waals surface area contributed by atoms with Crippen LogP contribution in [0.25, 0.3) is 0 Å². The van der Waals surface area contributed by atoms with Crippen molar-refractivity contribution in [2.75, 3.05) is 32.7 Å². The van der Waals surface area contributed by atoms with Crippen LogP contribution in [0.3, 0.4) is 0 Å². The van der Waals surface area contributed by atoms with Crippen LogP contribution in [0.1, 0.15) is 41.0 Å². The van der Waals surface area contributed by atoms with Crippen LogP contribution < -0.4 is 5.73 Å². The Hall–Kier alpha value is -0.610. The second-order valence-electron chi connectivity index (χ2n) is 5.07. The minimum Gasteiger partial charge on any atom is -0.342 e. The van der Waals surface area contributed by atoms with E-state index in [4.69, 9.17) is 5.73 Å². The number of hydrogen-bond acceptors (Lipinski definition) is 3. The van der Waals surface area contributed by atoms with Gasteiger partial charge in [0.15, 0.2) is 0 Å². The molecule has 2 N–H and O–H groups in total. The smallest absolute Gasteiger partial charge is 0.239 e. The summed E-state index contributed by atoms with van der Waals surface area (Å²) in [6.45, 7) is 15.1. The Kier molecular flexibility index (Phi) is 9.02. The number of nitrogens with two attached hydrogens (primary N) is 1. The third-order valence-electron chi connectivity index (χ3n) is 3.49. The Balaban J connectivity index is 4.15. The molecule has 0 bridgehead atoms. The summed E-state index contributed by atoms with van der Waals surface area (Å²) in [6.07, 6.45) is 1.02. The zero-order valence-corrected chi connectivity index (χ0v) is 12.8. The predicted octanol–water partition coefficient (Wildman–Crippen LogP) is 1.55. The predicted molar refractivity (Wildman–Crippen MR) is 77.5 cm³/mol. The molecule has 0 spiro atoms. The van der Waals surface area contributed by atoms with Gasteiger partial charge in [-0.25, -0.2) is 0 Å². The minimum atomic E-state index is -0.363. The Morgan fingerprint density at radius 2 is 1.61 bits per heavy atom. The van der Waals surface area contributed by atoms with Crippen LogP contribution in [0.5, 0.6) is 0 Å². The molecule has 0 aromatic heterocycles. The zero-order chi connectivity index (χ0) is 14.1. The second kappa shape index (κ2) is 9.34. The Morgan fingerprint density at radius 3 is 2.00 bits per heavy atom. The molecule has 0 aromatic carbocycles. The van der Waals surface area contributed by atoms with E-state index in [-0.39, 0.29) is 17.9 Å². The lowest BCUT2D eigenvalue weighted by Gasteiger charge is -2.27. The molecule has 0 fully saturated rings. The van der Waals surface area contributed by atoms with Crippen molar-refractivity contribution in [2.24, 2.45) is 11.7 Å². The molecular weight excluding hydrogens is 226 g/mol. The van der Waals surface area contributed by atoms with Crippen LogP contribution in [-0.2, 0) is 4.79 Å². The summed E-state index contributed by atoms with van der Waals surface area (Å²) in [5.74, 6) is 0.293. The van der Waals surface area contributed by atoms with Gasteiger partial charge in [-0.1, -0.05) is 27.7 Å². The third-order valence-corrected chi connectivity index (χ3v) is 3.49. The van der Waals surface area contributed by atoms with Crippen molar-refractivity contribution in [3.63, 3.8) is 0 Å². The van der Waals surface area contributed by atoms with Gasteiger partial charge in [-0.2, -0.15) is 0 Å². The van der Waals surface area contributed by atoms with Gasteiger partial charge in [-0.05, 0) is 38.9 Å². The van der Waals surface area contributed by atoms with Crippen LogP contribution in [0.15, 0.2) is 0 Å². The van der Waals surface area contributed by atoms with Gasteiger partial charge in [0, 0.05) is 13.1 Å². The van der Waals surface area contributed by atoms with Gasteiger partial charge in [-0.15, -0.1) is 0 Å².